The summed E-state index contributed by atoms with van der Waals surface area (Å²) in [6.07, 6.45) is 1.44. The number of nitrogens with one attached hydrogen (secondary N) is 2. The zero-order valence-electron chi connectivity index (χ0n) is 17.4. The van der Waals surface area contributed by atoms with Crippen LogP contribution in [0.2, 0.25) is 5.02 Å². The number of anilines is 1. The number of benzene rings is 2. The molecule has 4 aromatic rings. The minimum atomic E-state index is -0.288. The van der Waals surface area contributed by atoms with E-state index in [1.807, 2.05) is 13.8 Å². The first-order valence-corrected chi connectivity index (χ1v) is 11.2. The molecule has 2 aromatic heterocycles. The van der Waals surface area contributed by atoms with E-state index in [2.05, 4.69) is 20.5 Å². The van der Waals surface area contributed by atoms with Gasteiger partial charge in [-0.2, -0.15) is 5.10 Å². The van der Waals surface area contributed by atoms with Crippen LogP contribution >= 0.6 is 23.4 Å². The van der Waals surface area contributed by atoms with Crippen molar-refractivity contribution in [2.75, 3.05) is 17.7 Å². The Morgan fingerprint density at radius 2 is 2.03 bits per heavy atom. The Labute approximate surface area is 193 Å². The van der Waals surface area contributed by atoms with E-state index in [0.29, 0.717) is 39.2 Å². The summed E-state index contributed by atoms with van der Waals surface area (Å²) < 4.78 is 6.88. The molecule has 0 atom stereocenters. The fraction of sp³-hybridized carbons (Fsp3) is 0.182. The number of fused-ring (bicyclic) bond motifs is 1. The molecule has 0 aliphatic heterocycles. The molecule has 2 N–H and O–H groups in total. The second-order valence-corrected chi connectivity index (χ2v) is 8.20. The molecule has 0 saturated carbocycles. The monoisotopic (exact) mass is 469 g/mol. The predicted molar refractivity (Wildman–Crippen MR) is 126 cm³/mol. The molecule has 0 saturated heterocycles. The van der Waals surface area contributed by atoms with Crippen LogP contribution in [-0.2, 0) is 4.79 Å². The van der Waals surface area contributed by atoms with Gasteiger partial charge in [-0.25, -0.2) is 4.98 Å². The number of aromatic nitrogens is 4. The van der Waals surface area contributed by atoms with Gasteiger partial charge < -0.3 is 10.1 Å². The molecule has 0 aliphatic carbocycles. The lowest BCUT2D eigenvalue weighted by atomic mass is 10.2. The SMILES string of the molecule is CCOc1ccc(NC(=O)CSc2nc3[nH]ncc3c(=O)n2-c2cccc(Cl)c2C)cc1. The maximum Gasteiger partial charge on any atom is 0.269 e. The highest BCUT2D eigenvalue weighted by Crippen LogP contribution is 2.26. The summed E-state index contributed by atoms with van der Waals surface area (Å²) in [4.78, 5) is 30.3. The topological polar surface area (TPSA) is 102 Å². The molecule has 0 fully saturated rings. The van der Waals surface area contributed by atoms with Gasteiger partial charge in [0.15, 0.2) is 10.8 Å². The molecule has 4 rings (SSSR count). The predicted octanol–water partition coefficient (Wildman–Crippen LogP) is 4.20. The Hall–Kier alpha value is -3.30. The van der Waals surface area contributed by atoms with Crippen LogP contribution in [0.3, 0.4) is 0 Å². The van der Waals surface area contributed by atoms with E-state index >= 15 is 0 Å². The summed E-state index contributed by atoms with van der Waals surface area (Å²) in [6, 6.07) is 12.4. The van der Waals surface area contributed by atoms with Crippen LogP contribution in [0.1, 0.15) is 12.5 Å². The van der Waals surface area contributed by atoms with Gasteiger partial charge in [-0.3, -0.25) is 19.3 Å². The molecule has 1 amide bonds. The highest BCUT2D eigenvalue weighted by molar-refractivity contribution is 7.99. The number of ether oxygens (including phenoxy) is 1. The van der Waals surface area contributed by atoms with Crippen molar-refractivity contribution in [3.63, 3.8) is 0 Å². The van der Waals surface area contributed by atoms with E-state index in [9.17, 15) is 9.59 Å². The van der Waals surface area contributed by atoms with E-state index in [4.69, 9.17) is 16.3 Å². The smallest absolute Gasteiger partial charge is 0.269 e. The quantitative estimate of drug-likeness (QED) is 0.310. The Morgan fingerprint density at radius 3 is 2.78 bits per heavy atom. The number of thioether (sulfide) groups is 1. The zero-order chi connectivity index (χ0) is 22.7. The summed E-state index contributed by atoms with van der Waals surface area (Å²) >= 11 is 7.43. The van der Waals surface area contributed by atoms with E-state index in [1.54, 1.807) is 42.5 Å². The van der Waals surface area contributed by atoms with Crippen molar-refractivity contribution >= 4 is 46.0 Å². The second-order valence-electron chi connectivity index (χ2n) is 6.85. The van der Waals surface area contributed by atoms with Gasteiger partial charge in [0.05, 0.1) is 24.2 Å². The summed E-state index contributed by atoms with van der Waals surface area (Å²) in [5.74, 6) is 0.559. The Bertz CT molecular complexity index is 1330. The van der Waals surface area contributed by atoms with Crippen molar-refractivity contribution in [1.29, 1.82) is 0 Å². The molecule has 0 aliphatic rings. The van der Waals surface area contributed by atoms with Crippen molar-refractivity contribution in [2.24, 2.45) is 0 Å². The third-order valence-electron chi connectivity index (χ3n) is 4.71. The van der Waals surface area contributed by atoms with Crippen molar-refractivity contribution < 1.29 is 9.53 Å². The molecule has 8 nitrogen and oxygen atoms in total. The van der Waals surface area contributed by atoms with Crippen molar-refractivity contribution in [3.05, 3.63) is 69.6 Å². The molecular formula is C22H20ClN5O3S. The number of amides is 1. The van der Waals surface area contributed by atoms with Crippen LogP contribution in [0.4, 0.5) is 5.69 Å². The maximum atomic E-state index is 13.2. The van der Waals surface area contributed by atoms with Gasteiger partial charge in [0.2, 0.25) is 5.91 Å². The average Bonchev–Trinajstić information content (AvgIpc) is 3.25. The Balaban J connectivity index is 1.60. The van der Waals surface area contributed by atoms with Gasteiger partial charge in [0, 0.05) is 10.7 Å². The van der Waals surface area contributed by atoms with Crippen LogP contribution in [0.5, 0.6) is 5.75 Å². The van der Waals surface area contributed by atoms with Crippen LogP contribution in [0, 0.1) is 6.92 Å². The van der Waals surface area contributed by atoms with Crippen molar-refractivity contribution in [1.82, 2.24) is 19.7 Å². The lowest BCUT2D eigenvalue weighted by Gasteiger charge is -2.14. The fourth-order valence-corrected chi connectivity index (χ4v) is 4.12. The lowest BCUT2D eigenvalue weighted by molar-refractivity contribution is -0.113. The van der Waals surface area contributed by atoms with Crippen molar-refractivity contribution in [3.8, 4) is 11.4 Å². The van der Waals surface area contributed by atoms with Gasteiger partial charge in [-0.15, -0.1) is 0 Å². The van der Waals surface area contributed by atoms with Crippen LogP contribution in [0.15, 0.2) is 58.6 Å². The van der Waals surface area contributed by atoms with Crippen LogP contribution in [-0.4, -0.2) is 38.0 Å². The lowest BCUT2D eigenvalue weighted by Crippen LogP contribution is -2.23. The zero-order valence-corrected chi connectivity index (χ0v) is 19.0. The average molecular weight is 470 g/mol. The fourth-order valence-electron chi connectivity index (χ4n) is 3.15. The molecule has 0 spiro atoms. The minimum absolute atomic E-state index is 0.0545. The number of H-pyrrole nitrogens is 1. The maximum absolute atomic E-state index is 13.2. The standard InChI is InChI=1S/C22H20ClN5O3S/c1-3-31-15-9-7-14(8-10-15)25-19(29)12-32-22-26-20-16(11-24-27-20)21(30)28(22)18-6-4-5-17(23)13(18)2/h4-11H,3,12H2,1-2H3,(H,24,27)(H,25,29). The summed E-state index contributed by atoms with van der Waals surface area (Å²) in [5.41, 5.74) is 2.07. The van der Waals surface area contributed by atoms with Crippen molar-refractivity contribution in [2.45, 2.75) is 19.0 Å². The number of hydrogen-bond donors (Lipinski definition) is 2. The number of halogens is 1. The van der Waals surface area contributed by atoms with Crippen LogP contribution < -0.4 is 15.6 Å². The minimum Gasteiger partial charge on any atom is -0.494 e. The van der Waals surface area contributed by atoms with Gasteiger partial charge in [-0.05, 0) is 55.8 Å². The highest BCUT2D eigenvalue weighted by Gasteiger charge is 2.18. The van der Waals surface area contributed by atoms with E-state index in [1.165, 1.54) is 10.8 Å². The first kappa shape index (κ1) is 21.9. The Morgan fingerprint density at radius 1 is 1.25 bits per heavy atom. The number of rotatable bonds is 7. The van der Waals surface area contributed by atoms with Gasteiger partial charge in [0.25, 0.3) is 5.56 Å². The molecule has 32 heavy (non-hydrogen) atoms. The third kappa shape index (κ3) is 4.49. The molecule has 2 aromatic carbocycles. The molecule has 0 unspecified atom stereocenters. The van der Waals surface area contributed by atoms with E-state index in [0.717, 1.165) is 23.1 Å². The summed E-state index contributed by atoms with van der Waals surface area (Å²) in [5, 5.41) is 10.7. The van der Waals surface area contributed by atoms with Gasteiger partial charge in [-0.1, -0.05) is 29.4 Å². The normalized spacial score (nSPS) is 11.0. The van der Waals surface area contributed by atoms with Crippen LogP contribution in [0.25, 0.3) is 16.7 Å². The summed E-state index contributed by atoms with van der Waals surface area (Å²) in [7, 11) is 0. The number of aromatic amines is 1. The second kappa shape index (κ2) is 9.46. The Kier molecular flexibility index (Phi) is 6.48. The molecular weight excluding hydrogens is 450 g/mol. The molecule has 0 bridgehead atoms. The molecule has 10 heteroatoms. The number of carbonyl (C=O) groups is 1. The summed E-state index contributed by atoms with van der Waals surface area (Å²) in [6.45, 7) is 4.31. The van der Waals surface area contributed by atoms with Gasteiger partial charge in [0.1, 0.15) is 11.1 Å². The number of hydrogen-bond acceptors (Lipinski definition) is 6. The molecule has 2 heterocycles. The highest BCUT2D eigenvalue weighted by atomic mass is 35.5. The first-order valence-electron chi connectivity index (χ1n) is 9.85. The third-order valence-corrected chi connectivity index (χ3v) is 6.06. The number of carbonyl (C=O) groups excluding carboxylic acids is 1. The number of nitrogens with zero attached hydrogens (tertiary/aromatic N) is 3. The molecule has 164 valence electrons. The van der Waals surface area contributed by atoms with E-state index < -0.39 is 0 Å². The molecule has 0 radical (unpaired) electrons. The first-order chi connectivity index (χ1) is 15.5. The largest absolute Gasteiger partial charge is 0.494 e. The van der Waals surface area contributed by atoms with E-state index in [-0.39, 0.29) is 17.2 Å². The van der Waals surface area contributed by atoms with Gasteiger partial charge >= 0.3 is 0 Å².